The molecule has 252 valence electrons. The van der Waals surface area contributed by atoms with Crippen molar-refractivity contribution in [1.82, 2.24) is 24.7 Å². The third kappa shape index (κ3) is 7.90. The first-order chi connectivity index (χ1) is 23.4. The number of carbonyl (C=O) groups excluding carboxylic acids is 2. The molecule has 2 aliphatic rings. The molecule has 0 spiro atoms. The van der Waals surface area contributed by atoms with E-state index in [1.165, 1.54) is 12.1 Å². The van der Waals surface area contributed by atoms with E-state index >= 15 is 0 Å². The van der Waals surface area contributed by atoms with Gasteiger partial charge >= 0.3 is 6.09 Å². The summed E-state index contributed by atoms with van der Waals surface area (Å²) in [5.41, 5.74) is 3.33. The predicted molar refractivity (Wildman–Crippen MR) is 176 cm³/mol. The molecule has 6 rings (SSSR count). The standard InChI is InChI=1S/C37H40F3N5O3/c38-15-18-48-37(47)42-32-13-7-8-14-33(32)45-25-41-34(35(45)28-11-5-2-6-12-28)36(46)44-17-16-43(23-26-9-3-1-4-10-26)24-31(44)21-27-19-29(39)22-30(40)20-27/h1-6,9-12,19-20,22,25,31-33H,7-8,13-18,21,23-24H2,(H,42,47)/t31-,32+,33+/m1/s1. The van der Waals surface area contributed by atoms with Crippen LogP contribution in [0.15, 0.2) is 85.2 Å². The maximum atomic E-state index is 14.6. The van der Waals surface area contributed by atoms with Crippen LogP contribution in [0.4, 0.5) is 18.0 Å². The molecular formula is C37H40F3N5O3. The van der Waals surface area contributed by atoms with Gasteiger partial charge in [-0.2, -0.15) is 0 Å². The summed E-state index contributed by atoms with van der Waals surface area (Å²) in [6, 6.07) is 22.2. The summed E-state index contributed by atoms with van der Waals surface area (Å²) in [6.07, 6.45) is 4.52. The fourth-order valence-electron chi connectivity index (χ4n) is 7.07. The van der Waals surface area contributed by atoms with Crippen LogP contribution >= 0.6 is 0 Å². The number of hydrogen-bond donors (Lipinski definition) is 1. The highest BCUT2D eigenvalue weighted by Gasteiger charge is 2.36. The maximum absolute atomic E-state index is 14.6. The monoisotopic (exact) mass is 659 g/mol. The van der Waals surface area contributed by atoms with E-state index in [4.69, 9.17) is 9.72 Å². The van der Waals surface area contributed by atoms with Crippen molar-refractivity contribution < 1.29 is 27.5 Å². The van der Waals surface area contributed by atoms with Gasteiger partial charge in [-0.15, -0.1) is 0 Å². The topological polar surface area (TPSA) is 79.7 Å². The second-order valence-corrected chi connectivity index (χ2v) is 12.5. The second-order valence-electron chi connectivity index (χ2n) is 12.5. The molecule has 1 aromatic heterocycles. The zero-order valence-corrected chi connectivity index (χ0v) is 26.7. The van der Waals surface area contributed by atoms with Crippen LogP contribution < -0.4 is 5.32 Å². The molecule has 0 bridgehead atoms. The van der Waals surface area contributed by atoms with Gasteiger partial charge in [0.15, 0.2) is 5.69 Å². The molecule has 3 aromatic carbocycles. The molecule has 3 atom stereocenters. The molecule has 48 heavy (non-hydrogen) atoms. The van der Waals surface area contributed by atoms with Gasteiger partial charge in [0, 0.05) is 43.9 Å². The van der Waals surface area contributed by atoms with Gasteiger partial charge in [-0.25, -0.2) is 22.9 Å². The minimum absolute atomic E-state index is 0.213. The lowest BCUT2D eigenvalue weighted by molar-refractivity contribution is 0.0434. The molecule has 1 saturated heterocycles. The molecule has 4 aromatic rings. The van der Waals surface area contributed by atoms with Crippen LogP contribution in [0.1, 0.15) is 53.3 Å². The Hall–Kier alpha value is -4.64. The van der Waals surface area contributed by atoms with Crippen LogP contribution in [-0.2, 0) is 17.7 Å². The number of nitrogens with zero attached hydrogens (tertiary/aromatic N) is 4. The first-order valence-electron chi connectivity index (χ1n) is 16.5. The average molecular weight is 660 g/mol. The number of piperazine rings is 1. The van der Waals surface area contributed by atoms with Gasteiger partial charge in [0.25, 0.3) is 5.91 Å². The fraction of sp³-hybridized carbons (Fsp3) is 0.378. The Bertz CT molecular complexity index is 1670. The van der Waals surface area contributed by atoms with Gasteiger partial charge in [-0.3, -0.25) is 9.69 Å². The van der Waals surface area contributed by atoms with Crippen molar-refractivity contribution in [3.63, 3.8) is 0 Å². The van der Waals surface area contributed by atoms with Gasteiger partial charge in [-0.1, -0.05) is 73.5 Å². The SMILES string of the molecule is O=C(N[C@H]1CCCC[C@@H]1n1cnc(C(=O)N2CCN(Cc3ccccc3)C[C@H]2Cc2cc(F)cc(F)c2)c1-c1ccccc1)OCCF. The van der Waals surface area contributed by atoms with Crippen LogP contribution in [0.25, 0.3) is 11.3 Å². The highest BCUT2D eigenvalue weighted by Crippen LogP contribution is 2.35. The molecular weight excluding hydrogens is 619 g/mol. The molecule has 1 aliphatic heterocycles. The highest BCUT2D eigenvalue weighted by atomic mass is 19.1. The van der Waals surface area contributed by atoms with E-state index in [2.05, 4.69) is 22.3 Å². The summed E-state index contributed by atoms with van der Waals surface area (Å²) in [5, 5.41) is 2.91. The van der Waals surface area contributed by atoms with Gasteiger partial charge in [0.2, 0.25) is 0 Å². The maximum Gasteiger partial charge on any atom is 0.407 e. The summed E-state index contributed by atoms with van der Waals surface area (Å²) < 4.78 is 48.1. The molecule has 11 heteroatoms. The lowest BCUT2D eigenvalue weighted by Gasteiger charge is -2.41. The molecule has 8 nitrogen and oxygen atoms in total. The summed E-state index contributed by atoms with van der Waals surface area (Å²) in [5.74, 6) is -1.58. The Balaban J connectivity index is 1.33. The van der Waals surface area contributed by atoms with Crippen molar-refractivity contribution in [2.75, 3.05) is 32.9 Å². The normalized spacial score (nSPS) is 20.0. The highest BCUT2D eigenvalue weighted by molar-refractivity contribution is 5.98. The van der Waals surface area contributed by atoms with Crippen molar-refractivity contribution in [3.05, 3.63) is 114 Å². The van der Waals surface area contributed by atoms with Gasteiger partial charge in [-0.05, 0) is 42.5 Å². The fourth-order valence-corrected chi connectivity index (χ4v) is 7.07. The smallest absolute Gasteiger partial charge is 0.407 e. The largest absolute Gasteiger partial charge is 0.447 e. The Morgan fingerprint density at radius 2 is 1.60 bits per heavy atom. The number of rotatable bonds is 10. The number of alkyl halides is 1. The number of benzene rings is 3. The van der Waals surface area contributed by atoms with Crippen LogP contribution in [0.2, 0.25) is 0 Å². The van der Waals surface area contributed by atoms with Gasteiger partial charge in [0.1, 0.15) is 24.9 Å². The number of amides is 2. The van der Waals surface area contributed by atoms with E-state index < -0.39 is 24.4 Å². The van der Waals surface area contributed by atoms with Crippen molar-refractivity contribution in [2.24, 2.45) is 0 Å². The summed E-state index contributed by atoms with van der Waals surface area (Å²) in [6.45, 7) is 1.14. The van der Waals surface area contributed by atoms with E-state index in [9.17, 15) is 22.8 Å². The molecule has 1 N–H and O–H groups in total. The molecule has 2 amide bonds. The number of hydrogen-bond acceptors (Lipinski definition) is 5. The van der Waals surface area contributed by atoms with Crippen LogP contribution in [-0.4, -0.2) is 76.4 Å². The molecule has 2 fully saturated rings. The number of carbonyl (C=O) groups is 2. The summed E-state index contributed by atoms with van der Waals surface area (Å²) in [7, 11) is 0. The second kappa shape index (κ2) is 15.5. The van der Waals surface area contributed by atoms with E-state index in [-0.39, 0.29) is 42.8 Å². The molecule has 1 aliphatic carbocycles. The van der Waals surface area contributed by atoms with Crippen LogP contribution in [0.3, 0.4) is 0 Å². The van der Waals surface area contributed by atoms with Crippen LogP contribution in [0.5, 0.6) is 0 Å². The van der Waals surface area contributed by atoms with Gasteiger partial charge < -0.3 is 19.5 Å². The molecule has 2 heterocycles. The van der Waals surface area contributed by atoms with E-state index in [1.54, 1.807) is 11.2 Å². The molecule has 0 radical (unpaired) electrons. The average Bonchev–Trinajstić information content (AvgIpc) is 3.53. The Labute approximate surface area is 278 Å². The Morgan fingerprint density at radius 3 is 2.33 bits per heavy atom. The third-order valence-electron chi connectivity index (χ3n) is 9.21. The van der Waals surface area contributed by atoms with E-state index in [1.807, 2.05) is 53.1 Å². The molecule has 0 unspecified atom stereocenters. The minimum Gasteiger partial charge on any atom is -0.447 e. The zero-order valence-electron chi connectivity index (χ0n) is 26.7. The van der Waals surface area contributed by atoms with E-state index in [0.717, 1.165) is 36.5 Å². The summed E-state index contributed by atoms with van der Waals surface area (Å²) in [4.78, 5) is 35.8. The number of ether oxygens (including phenoxy) is 1. The number of nitrogens with one attached hydrogen (secondary N) is 1. The lowest BCUT2D eigenvalue weighted by Crippen LogP contribution is -2.55. The predicted octanol–water partition coefficient (Wildman–Crippen LogP) is 6.58. The Kier molecular flexibility index (Phi) is 10.7. The van der Waals surface area contributed by atoms with Crippen molar-refractivity contribution in [1.29, 1.82) is 0 Å². The first kappa shape index (κ1) is 33.3. The molecule has 1 saturated carbocycles. The third-order valence-corrected chi connectivity index (χ3v) is 9.21. The number of halogens is 3. The summed E-state index contributed by atoms with van der Waals surface area (Å²) >= 11 is 0. The Morgan fingerprint density at radius 1 is 0.896 bits per heavy atom. The van der Waals surface area contributed by atoms with Crippen molar-refractivity contribution >= 4 is 12.0 Å². The zero-order chi connectivity index (χ0) is 33.5. The van der Waals surface area contributed by atoms with Crippen molar-refractivity contribution in [3.8, 4) is 11.3 Å². The van der Waals surface area contributed by atoms with Crippen molar-refractivity contribution in [2.45, 2.75) is 56.8 Å². The number of aromatic nitrogens is 2. The number of imidazole rings is 1. The van der Waals surface area contributed by atoms with Gasteiger partial charge in [0.05, 0.1) is 24.1 Å². The minimum atomic E-state index is -0.762. The number of alkyl carbamates (subject to hydrolysis) is 1. The lowest BCUT2D eigenvalue weighted by atomic mass is 9.89. The van der Waals surface area contributed by atoms with Crippen LogP contribution in [0, 0.1) is 11.6 Å². The quantitative estimate of drug-likeness (QED) is 0.208. The van der Waals surface area contributed by atoms with E-state index in [0.29, 0.717) is 43.9 Å². The first-order valence-corrected chi connectivity index (χ1v) is 16.5.